The van der Waals surface area contributed by atoms with Gasteiger partial charge in [0, 0.05) is 72.7 Å². The lowest BCUT2D eigenvalue weighted by Gasteiger charge is -2.25. The molecule has 0 saturated carbocycles. The summed E-state index contributed by atoms with van der Waals surface area (Å²) in [6, 6.07) is 0. The minimum Gasteiger partial charge on any atom is -0.394 e. The lowest BCUT2D eigenvalue weighted by Crippen LogP contribution is -2.33. The number of hydrogen-bond acceptors (Lipinski definition) is 23. The largest absolute Gasteiger partial charge is 0.472 e. The van der Waals surface area contributed by atoms with Crippen molar-refractivity contribution in [2.75, 3.05) is 26.4 Å². The molecule has 4 fully saturated rings. The maximum Gasteiger partial charge on any atom is 0.472 e. The van der Waals surface area contributed by atoms with E-state index in [1.165, 1.54) is 40.1 Å². The molecule has 0 bridgehead atoms. The number of ether oxygens (including phenoxy) is 4. The molecule has 8 rings (SSSR count). The van der Waals surface area contributed by atoms with Gasteiger partial charge in [0.15, 0.2) is 0 Å². The van der Waals surface area contributed by atoms with Crippen LogP contribution >= 0.6 is 23.5 Å². The second kappa shape index (κ2) is 22.9. The van der Waals surface area contributed by atoms with Crippen molar-refractivity contribution in [2.24, 2.45) is 0 Å². The number of aryl methyl sites for hydroxylation is 4. The van der Waals surface area contributed by atoms with E-state index in [1.807, 2.05) is 0 Å². The number of aliphatic hydroxyl groups is 2. The van der Waals surface area contributed by atoms with Crippen molar-refractivity contribution in [3.63, 3.8) is 0 Å². The third-order valence-electron chi connectivity index (χ3n) is 12.8. The molecule has 0 aliphatic carbocycles. The number of phosphoric ester groups is 3. The molecule has 0 aromatic carbocycles. The summed E-state index contributed by atoms with van der Waals surface area (Å²) in [5.74, 6) is 0. The number of phosphoric acid groups is 3. The van der Waals surface area contributed by atoms with E-state index in [4.69, 9.17) is 46.1 Å². The van der Waals surface area contributed by atoms with Gasteiger partial charge in [-0.2, -0.15) is 0 Å². The molecule has 4 aromatic heterocycles. The maximum absolute atomic E-state index is 13.8. The number of aromatic amines is 4. The normalized spacial score (nSPS) is 29.8. The second-order valence-corrected chi connectivity index (χ2v) is 22.6. The number of nitrogens with one attached hydrogen (secondary N) is 4. The number of hydrogen-bond donors (Lipinski definition) is 9. The Morgan fingerprint density at radius 3 is 1.04 bits per heavy atom. The summed E-state index contributed by atoms with van der Waals surface area (Å²) >= 11 is 0. The number of H-pyrrole nitrogens is 4. The van der Waals surface area contributed by atoms with Crippen LogP contribution in [-0.4, -0.2) is 138 Å². The Bertz CT molecular complexity index is 3510. The fourth-order valence-electron chi connectivity index (χ4n) is 8.75. The zero-order valence-electron chi connectivity index (χ0n) is 40.8. The van der Waals surface area contributed by atoms with Gasteiger partial charge in [0.2, 0.25) is 0 Å². The minimum absolute atomic E-state index is 0.0298. The highest BCUT2D eigenvalue weighted by Crippen LogP contribution is 2.53. The molecular formula is C40H53N8O26P3. The van der Waals surface area contributed by atoms with Crippen LogP contribution in [-0.2, 0) is 59.8 Å². The Balaban J connectivity index is 0.963. The summed E-state index contributed by atoms with van der Waals surface area (Å²) in [6.45, 7) is 1.96. The molecule has 424 valence electrons. The molecule has 15 atom stereocenters. The van der Waals surface area contributed by atoms with Gasteiger partial charge < -0.3 is 43.8 Å². The maximum atomic E-state index is 13.8. The molecule has 4 aliphatic heterocycles. The van der Waals surface area contributed by atoms with Crippen molar-refractivity contribution >= 4 is 23.5 Å². The van der Waals surface area contributed by atoms with Gasteiger partial charge in [0.25, 0.3) is 22.2 Å². The first-order chi connectivity index (χ1) is 36.1. The van der Waals surface area contributed by atoms with Crippen LogP contribution in [0.3, 0.4) is 0 Å². The number of aromatic nitrogens is 8. The van der Waals surface area contributed by atoms with Crippen LogP contribution in [0.4, 0.5) is 0 Å². The van der Waals surface area contributed by atoms with Gasteiger partial charge >= 0.3 is 46.2 Å². The molecule has 0 amide bonds. The van der Waals surface area contributed by atoms with Gasteiger partial charge in [-0.05, 0) is 27.7 Å². The number of nitrogens with zero attached hydrogens (tertiary/aromatic N) is 4. The Morgan fingerprint density at radius 1 is 0.468 bits per heavy atom. The Labute approximate surface area is 429 Å². The van der Waals surface area contributed by atoms with Crippen LogP contribution in [0.25, 0.3) is 0 Å². The summed E-state index contributed by atoms with van der Waals surface area (Å²) < 4.78 is 99.6. The summed E-state index contributed by atoms with van der Waals surface area (Å²) in [4.78, 5) is 140. The van der Waals surface area contributed by atoms with Gasteiger partial charge in [-0.15, -0.1) is 0 Å². The summed E-state index contributed by atoms with van der Waals surface area (Å²) in [7, 11) is -15.9. The van der Waals surface area contributed by atoms with Gasteiger partial charge in [-0.25, -0.2) is 32.9 Å². The lowest BCUT2D eigenvalue weighted by molar-refractivity contribution is -0.0640. The molecule has 4 saturated heterocycles. The van der Waals surface area contributed by atoms with E-state index in [9.17, 15) is 76.9 Å². The summed E-state index contributed by atoms with van der Waals surface area (Å²) in [6.07, 6.45) is -14.0. The third-order valence-corrected chi connectivity index (χ3v) is 15.8. The van der Waals surface area contributed by atoms with Crippen LogP contribution in [0, 0.1) is 27.7 Å². The molecule has 77 heavy (non-hydrogen) atoms. The molecule has 37 heteroatoms. The summed E-state index contributed by atoms with van der Waals surface area (Å²) in [5.41, 5.74) is -6.21. The first-order valence-electron chi connectivity index (χ1n) is 23.3. The predicted molar refractivity (Wildman–Crippen MR) is 253 cm³/mol. The first kappa shape index (κ1) is 58.0. The molecule has 4 aliphatic rings. The van der Waals surface area contributed by atoms with E-state index in [0.29, 0.717) is 0 Å². The number of rotatable bonds is 20. The van der Waals surface area contributed by atoms with Crippen LogP contribution in [0.1, 0.15) is 72.8 Å². The van der Waals surface area contributed by atoms with Gasteiger partial charge in [0.05, 0.1) is 32.5 Å². The first-order valence-corrected chi connectivity index (χ1v) is 27.7. The quantitative estimate of drug-likeness (QED) is 0.0411. The average molecular weight is 1150 g/mol. The zero-order chi connectivity index (χ0) is 56.1. The fraction of sp³-hybridized carbons (Fsp3) is 0.600. The average Bonchev–Trinajstić information content (AvgIpc) is 4.15. The second-order valence-electron chi connectivity index (χ2n) is 18.3. The minimum atomic E-state index is -5.44. The van der Waals surface area contributed by atoms with Crippen molar-refractivity contribution in [2.45, 2.75) is 127 Å². The van der Waals surface area contributed by atoms with Crippen LogP contribution in [0.2, 0.25) is 0 Å². The molecule has 9 N–H and O–H groups in total. The highest BCUT2D eigenvalue weighted by Gasteiger charge is 2.48. The SMILES string of the molecule is Cc1cn([C@H]2C[C@@H](O)C(COP(=O)(O)O[C@@H]3C[C@H](n4cc(C)c(=O)[nH]c4=O)OC3COP(=O)(O)O[C@@H]3C[C@H](n4cc(C)c(=O)[nH]c4=O)OC3COP(=O)(O)O[C@@H]3C[C@H](n4cc(C)c(=O)[nH]c4=O)OC3CO)O2)c(=O)[nH]c1=O. The lowest BCUT2D eigenvalue weighted by atomic mass is 10.2. The standard InChI is InChI=1S/C40H53N8O26P3/c1-17-9-45(37(55)41-33(17)51)29-5-21(50)26(69-29)14-65-75(59,60)73-23-7-31(47-11-19(3)35(53)43-39(47)57)71-28(23)16-67-77(63,64)74-24-8-32(48-12-20(4)36(54)44-40(48)58)70-27(24)15-66-76(61,62)72-22-6-30(68-25(22)13-49)46-10-18(2)34(52)42-38(46)56/h9-12,21-32,49-50H,5-8,13-16H2,1-4H3,(H,59,60)(H,61,62)(H,63,64)(H,41,51,55)(H,42,52,56)(H,43,53,57)(H,44,54,58)/t21-,22-,23-,24-,25?,26?,27?,28?,29-,30-,31-,32-/m1/s1. The zero-order valence-corrected chi connectivity index (χ0v) is 43.5. The summed E-state index contributed by atoms with van der Waals surface area (Å²) in [5, 5.41) is 20.7. The Morgan fingerprint density at radius 2 is 0.727 bits per heavy atom. The Kier molecular flexibility index (Phi) is 17.2. The third kappa shape index (κ3) is 13.5. The molecule has 0 spiro atoms. The van der Waals surface area contributed by atoms with Crippen molar-refractivity contribution in [1.82, 2.24) is 38.2 Å². The van der Waals surface area contributed by atoms with Crippen molar-refractivity contribution in [3.05, 3.63) is 130 Å². The highest BCUT2D eigenvalue weighted by atomic mass is 31.2. The number of aliphatic hydroxyl groups excluding tert-OH is 2. The van der Waals surface area contributed by atoms with E-state index in [1.54, 1.807) is 0 Å². The van der Waals surface area contributed by atoms with Crippen molar-refractivity contribution < 1.29 is 84.7 Å². The van der Waals surface area contributed by atoms with E-state index in [2.05, 4.69) is 19.9 Å². The molecule has 0 radical (unpaired) electrons. The van der Waals surface area contributed by atoms with Crippen molar-refractivity contribution in [1.29, 1.82) is 0 Å². The van der Waals surface area contributed by atoms with Gasteiger partial charge in [-0.3, -0.25) is 84.5 Å². The van der Waals surface area contributed by atoms with Gasteiger partial charge in [-0.1, -0.05) is 0 Å². The van der Waals surface area contributed by atoms with E-state index >= 15 is 0 Å². The predicted octanol–water partition coefficient (Wildman–Crippen LogP) is -2.57. The molecule has 34 nitrogen and oxygen atoms in total. The van der Waals surface area contributed by atoms with E-state index in [-0.39, 0.29) is 35.1 Å². The van der Waals surface area contributed by atoms with Gasteiger partial charge in [0.1, 0.15) is 67.6 Å². The molecule has 4 aromatic rings. The Hall–Kier alpha value is -5.19. The molecule has 7 unspecified atom stereocenters. The topological polar surface area (TPSA) is 464 Å². The fourth-order valence-corrected chi connectivity index (χ4v) is 11.6. The van der Waals surface area contributed by atoms with Crippen molar-refractivity contribution in [3.8, 4) is 0 Å². The molecule has 8 heterocycles. The van der Waals surface area contributed by atoms with E-state index in [0.717, 1.165) is 30.7 Å². The smallest absolute Gasteiger partial charge is 0.394 e. The monoisotopic (exact) mass is 1150 g/mol. The van der Waals surface area contributed by atoms with Crippen LogP contribution in [0.15, 0.2) is 63.1 Å². The van der Waals surface area contributed by atoms with Crippen LogP contribution < -0.4 is 45.0 Å². The van der Waals surface area contributed by atoms with E-state index < -0.39 is 181 Å². The molecular weight excluding hydrogens is 1100 g/mol. The highest BCUT2D eigenvalue weighted by molar-refractivity contribution is 7.48. The van der Waals surface area contributed by atoms with Crippen LogP contribution in [0.5, 0.6) is 0 Å².